The summed E-state index contributed by atoms with van der Waals surface area (Å²) in [6, 6.07) is 3.54. The second-order valence-corrected chi connectivity index (χ2v) is 4.91. The van der Waals surface area contributed by atoms with Crippen LogP contribution in [0.5, 0.6) is 0 Å². The second kappa shape index (κ2) is 6.01. The predicted octanol–water partition coefficient (Wildman–Crippen LogP) is 4.32. The van der Waals surface area contributed by atoms with Gasteiger partial charge in [-0.1, -0.05) is 25.4 Å². The number of anilines is 1. The number of benzene rings is 1. The maximum absolute atomic E-state index is 12.9. The number of hydrogen-bond donors (Lipinski definition) is 2. The zero-order valence-electron chi connectivity index (χ0n) is 10.8. The highest BCUT2D eigenvalue weighted by atomic mass is 35.5. The lowest BCUT2D eigenvalue weighted by molar-refractivity contribution is -0.137. The molecule has 0 aliphatic rings. The first-order valence-corrected chi connectivity index (χ1v) is 6.42. The summed E-state index contributed by atoms with van der Waals surface area (Å²) in [5, 5.41) is 12.8. The second-order valence-electron chi connectivity index (χ2n) is 4.47. The van der Waals surface area contributed by atoms with Gasteiger partial charge in [0.2, 0.25) is 0 Å². The maximum Gasteiger partial charge on any atom is 0.418 e. The van der Waals surface area contributed by atoms with Crippen LogP contribution in [0.3, 0.4) is 0 Å². The lowest BCUT2D eigenvalue weighted by Crippen LogP contribution is -2.35. The van der Waals surface area contributed by atoms with Crippen LogP contribution in [0.25, 0.3) is 0 Å². The molecule has 0 unspecified atom stereocenters. The molecule has 0 spiro atoms. The van der Waals surface area contributed by atoms with Gasteiger partial charge in [-0.05, 0) is 31.0 Å². The highest BCUT2D eigenvalue weighted by molar-refractivity contribution is 6.30. The number of hydrogen-bond acceptors (Lipinski definition) is 2. The molecule has 0 aliphatic carbocycles. The first kappa shape index (κ1) is 16.1. The van der Waals surface area contributed by atoms with Crippen molar-refractivity contribution in [2.24, 2.45) is 0 Å². The summed E-state index contributed by atoms with van der Waals surface area (Å²) in [5.74, 6) is 0. The molecule has 1 aromatic carbocycles. The van der Waals surface area contributed by atoms with Crippen LogP contribution in [0, 0.1) is 0 Å². The van der Waals surface area contributed by atoms with Gasteiger partial charge in [-0.15, -0.1) is 0 Å². The Bertz CT molecular complexity index is 430. The monoisotopic (exact) mass is 295 g/mol. The van der Waals surface area contributed by atoms with Crippen molar-refractivity contribution in [2.75, 3.05) is 11.9 Å². The zero-order valence-corrected chi connectivity index (χ0v) is 11.6. The minimum atomic E-state index is -4.48. The minimum absolute atomic E-state index is 0.0270. The number of rotatable bonds is 5. The molecule has 1 aromatic rings. The molecular formula is C13H17ClF3NO. The Balaban J connectivity index is 2.96. The van der Waals surface area contributed by atoms with Gasteiger partial charge in [0.05, 0.1) is 11.2 Å². The van der Waals surface area contributed by atoms with Gasteiger partial charge < -0.3 is 10.4 Å². The highest BCUT2D eigenvalue weighted by Gasteiger charge is 2.34. The zero-order chi connectivity index (χ0) is 14.7. The van der Waals surface area contributed by atoms with Crippen molar-refractivity contribution in [3.8, 4) is 0 Å². The molecule has 0 bridgehead atoms. The molecular weight excluding hydrogens is 279 g/mol. The summed E-state index contributed by atoms with van der Waals surface area (Å²) >= 11 is 5.59. The number of halogens is 4. The number of aliphatic hydroxyl groups is 1. The van der Waals surface area contributed by atoms with Crippen LogP contribution in [0.4, 0.5) is 18.9 Å². The van der Waals surface area contributed by atoms with Crippen molar-refractivity contribution in [3.05, 3.63) is 28.8 Å². The third-order valence-electron chi connectivity index (χ3n) is 3.21. The molecule has 0 radical (unpaired) electrons. The topological polar surface area (TPSA) is 32.3 Å². The van der Waals surface area contributed by atoms with Crippen LogP contribution in [-0.2, 0) is 6.18 Å². The molecule has 0 aliphatic heterocycles. The minimum Gasteiger partial charge on any atom is -0.388 e. The van der Waals surface area contributed by atoms with Crippen LogP contribution in [0.1, 0.15) is 32.3 Å². The number of nitrogens with one attached hydrogen (secondary N) is 1. The summed E-state index contributed by atoms with van der Waals surface area (Å²) < 4.78 is 38.6. The molecule has 2 nitrogen and oxygen atoms in total. The lowest BCUT2D eigenvalue weighted by atomic mass is 9.97. The van der Waals surface area contributed by atoms with Gasteiger partial charge in [-0.3, -0.25) is 0 Å². The largest absolute Gasteiger partial charge is 0.418 e. The van der Waals surface area contributed by atoms with E-state index in [-0.39, 0.29) is 17.3 Å². The molecule has 108 valence electrons. The fraction of sp³-hybridized carbons (Fsp3) is 0.538. The van der Waals surface area contributed by atoms with Gasteiger partial charge in [0.1, 0.15) is 0 Å². The Kier molecular flexibility index (Phi) is 5.10. The van der Waals surface area contributed by atoms with Crippen LogP contribution < -0.4 is 5.32 Å². The van der Waals surface area contributed by atoms with Crippen LogP contribution in [0.15, 0.2) is 18.2 Å². The molecule has 0 heterocycles. The van der Waals surface area contributed by atoms with Crippen molar-refractivity contribution < 1.29 is 18.3 Å². The quantitative estimate of drug-likeness (QED) is 0.848. The lowest BCUT2D eigenvalue weighted by Gasteiger charge is -2.27. The van der Waals surface area contributed by atoms with Crippen molar-refractivity contribution in [2.45, 2.75) is 38.5 Å². The third kappa shape index (κ3) is 4.28. The van der Waals surface area contributed by atoms with Crippen LogP contribution in [0.2, 0.25) is 5.02 Å². The Morgan fingerprint density at radius 3 is 2.26 bits per heavy atom. The average molecular weight is 296 g/mol. The van der Waals surface area contributed by atoms with E-state index in [1.807, 2.05) is 0 Å². The van der Waals surface area contributed by atoms with E-state index in [0.29, 0.717) is 12.8 Å². The van der Waals surface area contributed by atoms with Crippen molar-refractivity contribution in [1.82, 2.24) is 0 Å². The first-order chi connectivity index (χ1) is 8.72. The molecule has 0 saturated carbocycles. The third-order valence-corrected chi connectivity index (χ3v) is 3.45. The van der Waals surface area contributed by atoms with E-state index in [9.17, 15) is 18.3 Å². The molecule has 2 N–H and O–H groups in total. The molecule has 0 atom stereocenters. The molecule has 0 aromatic heterocycles. The van der Waals surface area contributed by atoms with Crippen molar-refractivity contribution in [1.29, 1.82) is 0 Å². The first-order valence-electron chi connectivity index (χ1n) is 6.05. The van der Waals surface area contributed by atoms with E-state index in [1.54, 1.807) is 13.8 Å². The standard InChI is InChI=1S/C13H17ClF3NO/c1-3-12(19,4-2)8-18-11-6-5-9(14)7-10(11)13(15,16)17/h5-7,18-19H,3-4,8H2,1-2H3. The predicted molar refractivity (Wildman–Crippen MR) is 70.5 cm³/mol. The summed E-state index contributed by atoms with van der Waals surface area (Å²) in [4.78, 5) is 0. The summed E-state index contributed by atoms with van der Waals surface area (Å²) in [6.07, 6.45) is -3.55. The molecule has 19 heavy (non-hydrogen) atoms. The van der Waals surface area contributed by atoms with Gasteiger partial charge in [0.25, 0.3) is 0 Å². The van der Waals surface area contributed by atoms with Crippen LogP contribution in [-0.4, -0.2) is 17.3 Å². The van der Waals surface area contributed by atoms with E-state index >= 15 is 0 Å². The van der Waals surface area contributed by atoms with E-state index in [1.165, 1.54) is 12.1 Å². The molecule has 0 amide bonds. The Morgan fingerprint density at radius 2 is 1.79 bits per heavy atom. The maximum atomic E-state index is 12.9. The Morgan fingerprint density at radius 1 is 1.21 bits per heavy atom. The molecule has 0 fully saturated rings. The van der Waals surface area contributed by atoms with Crippen molar-refractivity contribution >= 4 is 17.3 Å². The van der Waals surface area contributed by atoms with Gasteiger partial charge in [0.15, 0.2) is 0 Å². The van der Waals surface area contributed by atoms with Crippen LogP contribution >= 0.6 is 11.6 Å². The van der Waals surface area contributed by atoms with E-state index in [2.05, 4.69) is 5.32 Å². The Labute approximate surface area is 115 Å². The summed E-state index contributed by atoms with van der Waals surface area (Å²) in [5.41, 5.74) is -1.91. The van der Waals surface area contributed by atoms with E-state index in [4.69, 9.17) is 11.6 Å². The molecule has 1 rings (SSSR count). The molecule has 6 heteroatoms. The van der Waals surface area contributed by atoms with Gasteiger partial charge >= 0.3 is 6.18 Å². The summed E-state index contributed by atoms with van der Waals surface area (Å²) in [6.45, 7) is 3.64. The SMILES string of the molecule is CCC(O)(CC)CNc1ccc(Cl)cc1C(F)(F)F. The number of alkyl halides is 3. The van der Waals surface area contributed by atoms with E-state index in [0.717, 1.165) is 6.07 Å². The molecule has 0 saturated heterocycles. The summed E-state index contributed by atoms with van der Waals surface area (Å²) in [7, 11) is 0. The fourth-order valence-electron chi connectivity index (χ4n) is 1.66. The highest BCUT2D eigenvalue weighted by Crippen LogP contribution is 2.36. The van der Waals surface area contributed by atoms with Gasteiger partial charge in [-0.2, -0.15) is 13.2 Å². The van der Waals surface area contributed by atoms with Gasteiger partial charge in [0, 0.05) is 17.3 Å². The van der Waals surface area contributed by atoms with Crippen molar-refractivity contribution in [3.63, 3.8) is 0 Å². The van der Waals surface area contributed by atoms with Gasteiger partial charge in [-0.25, -0.2) is 0 Å². The fourth-order valence-corrected chi connectivity index (χ4v) is 1.84. The normalized spacial score (nSPS) is 12.6. The Hall–Kier alpha value is -0.940. The van der Waals surface area contributed by atoms with E-state index < -0.39 is 17.3 Å². The average Bonchev–Trinajstić information content (AvgIpc) is 2.36. The smallest absolute Gasteiger partial charge is 0.388 e.